The summed E-state index contributed by atoms with van der Waals surface area (Å²) in [6.07, 6.45) is 2.47. The van der Waals surface area contributed by atoms with Gasteiger partial charge in [-0.25, -0.2) is 9.97 Å². The zero-order valence-electron chi connectivity index (χ0n) is 9.03. The summed E-state index contributed by atoms with van der Waals surface area (Å²) in [7, 11) is 0. The number of nitrogens with two attached hydrogens (primary N) is 1. The van der Waals surface area contributed by atoms with E-state index in [-0.39, 0.29) is 0 Å². The SMILES string of the molecule is NCCc1cnc(N2CCOCC2)nc1Cl. The summed E-state index contributed by atoms with van der Waals surface area (Å²) in [5, 5.41) is 0.502. The van der Waals surface area contributed by atoms with Crippen molar-refractivity contribution in [2.75, 3.05) is 37.7 Å². The van der Waals surface area contributed by atoms with Crippen molar-refractivity contribution in [3.63, 3.8) is 0 Å². The van der Waals surface area contributed by atoms with Gasteiger partial charge in [0.25, 0.3) is 0 Å². The minimum atomic E-state index is 0.502. The number of hydrogen-bond donors (Lipinski definition) is 1. The Balaban J connectivity index is 2.13. The molecule has 88 valence electrons. The Labute approximate surface area is 99.6 Å². The molecule has 0 saturated carbocycles. The number of aromatic nitrogens is 2. The highest BCUT2D eigenvalue weighted by Crippen LogP contribution is 2.17. The van der Waals surface area contributed by atoms with Gasteiger partial charge in [-0.15, -0.1) is 0 Å². The molecule has 1 fully saturated rings. The third kappa shape index (κ3) is 2.61. The van der Waals surface area contributed by atoms with Gasteiger partial charge in [-0.2, -0.15) is 0 Å². The van der Waals surface area contributed by atoms with Crippen molar-refractivity contribution in [1.82, 2.24) is 9.97 Å². The van der Waals surface area contributed by atoms with Gasteiger partial charge in [0.1, 0.15) is 5.15 Å². The molecule has 0 radical (unpaired) electrons. The van der Waals surface area contributed by atoms with Gasteiger partial charge < -0.3 is 15.4 Å². The normalized spacial score (nSPS) is 16.5. The smallest absolute Gasteiger partial charge is 0.226 e. The van der Waals surface area contributed by atoms with Crippen LogP contribution in [-0.4, -0.2) is 42.8 Å². The van der Waals surface area contributed by atoms with E-state index < -0.39 is 0 Å². The maximum Gasteiger partial charge on any atom is 0.226 e. The van der Waals surface area contributed by atoms with Crippen LogP contribution in [0.3, 0.4) is 0 Å². The lowest BCUT2D eigenvalue weighted by Crippen LogP contribution is -2.37. The molecule has 1 saturated heterocycles. The molecule has 0 aliphatic carbocycles. The molecule has 1 aromatic heterocycles. The van der Waals surface area contributed by atoms with E-state index in [1.54, 1.807) is 6.20 Å². The minimum Gasteiger partial charge on any atom is -0.378 e. The van der Waals surface area contributed by atoms with Crippen molar-refractivity contribution in [2.45, 2.75) is 6.42 Å². The Bertz CT molecular complexity index is 355. The topological polar surface area (TPSA) is 64.3 Å². The van der Waals surface area contributed by atoms with E-state index >= 15 is 0 Å². The molecule has 0 unspecified atom stereocenters. The maximum absolute atomic E-state index is 6.06. The first-order valence-electron chi connectivity index (χ1n) is 5.35. The van der Waals surface area contributed by atoms with Crippen molar-refractivity contribution in [1.29, 1.82) is 0 Å². The Morgan fingerprint density at radius 1 is 1.44 bits per heavy atom. The van der Waals surface area contributed by atoms with Gasteiger partial charge in [0.05, 0.1) is 13.2 Å². The predicted octanol–water partition coefficient (Wildman–Crippen LogP) is 0.468. The fraction of sp³-hybridized carbons (Fsp3) is 0.600. The number of morpholine rings is 1. The predicted molar refractivity (Wildman–Crippen MR) is 62.8 cm³/mol. The van der Waals surface area contributed by atoms with Gasteiger partial charge in [-0.05, 0) is 13.0 Å². The first kappa shape index (κ1) is 11.6. The maximum atomic E-state index is 6.06. The van der Waals surface area contributed by atoms with Crippen LogP contribution in [0.2, 0.25) is 5.15 Å². The van der Waals surface area contributed by atoms with E-state index in [4.69, 9.17) is 22.1 Å². The molecule has 5 nitrogen and oxygen atoms in total. The second-order valence-corrected chi connectivity index (χ2v) is 3.98. The van der Waals surface area contributed by atoms with Crippen molar-refractivity contribution in [3.05, 3.63) is 16.9 Å². The van der Waals surface area contributed by atoms with Crippen LogP contribution in [0.15, 0.2) is 6.20 Å². The molecule has 0 aromatic carbocycles. The van der Waals surface area contributed by atoms with Gasteiger partial charge in [-0.1, -0.05) is 11.6 Å². The van der Waals surface area contributed by atoms with Gasteiger partial charge in [0.15, 0.2) is 0 Å². The lowest BCUT2D eigenvalue weighted by molar-refractivity contribution is 0.122. The number of hydrogen-bond acceptors (Lipinski definition) is 5. The fourth-order valence-corrected chi connectivity index (χ4v) is 1.84. The summed E-state index contributed by atoms with van der Waals surface area (Å²) < 4.78 is 5.27. The summed E-state index contributed by atoms with van der Waals surface area (Å²) >= 11 is 6.06. The average Bonchev–Trinajstić information content (AvgIpc) is 2.33. The molecule has 2 heterocycles. The minimum absolute atomic E-state index is 0.502. The van der Waals surface area contributed by atoms with Crippen LogP contribution in [0, 0.1) is 0 Å². The Morgan fingerprint density at radius 2 is 2.19 bits per heavy atom. The summed E-state index contributed by atoms with van der Waals surface area (Å²) in [6, 6.07) is 0. The summed E-state index contributed by atoms with van der Waals surface area (Å²) in [5.74, 6) is 0.675. The molecular formula is C10H15ClN4O. The summed E-state index contributed by atoms with van der Waals surface area (Å²) in [4.78, 5) is 10.7. The fourth-order valence-electron chi connectivity index (χ4n) is 1.62. The molecular weight excluding hydrogens is 228 g/mol. The number of anilines is 1. The average molecular weight is 243 g/mol. The van der Waals surface area contributed by atoms with Gasteiger partial charge in [0, 0.05) is 24.8 Å². The lowest BCUT2D eigenvalue weighted by Gasteiger charge is -2.26. The first-order chi connectivity index (χ1) is 7.81. The highest BCUT2D eigenvalue weighted by atomic mass is 35.5. The molecule has 2 N–H and O–H groups in total. The van der Waals surface area contributed by atoms with E-state index in [0.29, 0.717) is 37.3 Å². The zero-order chi connectivity index (χ0) is 11.4. The van der Waals surface area contributed by atoms with E-state index in [2.05, 4.69) is 14.9 Å². The van der Waals surface area contributed by atoms with Crippen LogP contribution >= 0.6 is 11.6 Å². The van der Waals surface area contributed by atoms with Crippen LogP contribution < -0.4 is 10.6 Å². The summed E-state index contributed by atoms with van der Waals surface area (Å²) in [5.41, 5.74) is 6.37. The van der Waals surface area contributed by atoms with Crippen LogP contribution in [0.5, 0.6) is 0 Å². The molecule has 1 aliphatic rings. The van der Waals surface area contributed by atoms with Gasteiger partial charge in [0.2, 0.25) is 5.95 Å². The molecule has 1 aromatic rings. The quantitative estimate of drug-likeness (QED) is 0.781. The number of nitrogens with zero attached hydrogens (tertiary/aromatic N) is 3. The third-order valence-electron chi connectivity index (χ3n) is 2.51. The first-order valence-corrected chi connectivity index (χ1v) is 5.73. The highest BCUT2D eigenvalue weighted by molar-refractivity contribution is 6.30. The number of rotatable bonds is 3. The molecule has 0 bridgehead atoms. The van der Waals surface area contributed by atoms with E-state index in [9.17, 15) is 0 Å². The van der Waals surface area contributed by atoms with E-state index in [1.165, 1.54) is 0 Å². The molecule has 1 aliphatic heterocycles. The van der Waals surface area contributed by atoms with Crippen molar-refractivity contribution in [3.8, 4) is 0 Å². The molecule has 0 atom stereocenters. The highest BCUT2D eigenvalue weighted by Gasteiger charge is 2.14. The lowest BCUT2D eigenvalue weighted by atomic mass is 10.2. The monoisotopic (exact) mass is 242 g/mol. The zero-order valence-corrected chi connectivity index (χ0v) is 9.78. The third-order valence-corrected chi connectivity index (χ3v) is 2.83. The van der Waals surface area contributed by atoms with Crippen molar-refractivity contribution in [2.24, 2.45) is 5.73 Å². The Morgan fingerprint density at radius 3 is 2.81 bits per heavy atom. The second-order valence-electron chi connectivity index (χ2n) is 3.62. The molecule has 16 heavy (non-hydrogen) atoms. The van der Waals surface area contributed by atoms with Gasteiger partial charge in [-0.3, -0.25) is 0 Å². The van der Waals surface area contributed by atoms with Crippen LogP contribution in [0.1, 0.15) is 5.56 Å². The summed E-state index contributed by atoms with van der Waals surface area (Å²) in [6.45, 7) is 3.61. The van der Waals surface area contributed by atoms with Gasteiger partial charge >= 0.3 is 0 Å². The Kier molecular flexibility index (Phi) is 3.93. The largest absolute Gasteiger partial charge is 0.378 e. The van der Waals surface area contributed by atoms with E-state index in [1.807, 2.05) is 0 Å². The number of halogens is 1. The van der Waals surface area contributed by atoms with Crippen molar-refractivity contribution >= 4 is 17.5 Å². The molecule has 0 spiro atoms. The van der Waals surface area contributed by atoms with Crippen LogP contribution in [0.25, 0.3) is 0 Å². The van der Waals surface area contributed by atoms with Crippen LogP contribution in [-0.2, 0) is 11.2 Å². The van der Waals surface area contributed by atoms with Crippen molar-refractivity contribution < 1.29 is 4.74 Å². The number of ether oxygens (including phenoxy) is 1. The Hall–Kier alpha value is -0.910. The van der Waals surface area contributed by atoms with E-state index in [0.717, 1.165) is 18.7 Å². The van der Waals surface area contributed by atoms with Crippen LogP contribution in [0.4, 0.5) is 5.95 Å². The molecule has 6 heteroatoms. The standard InChI is InChI=1S/C10H15ClN4O/c11-9-8(1-2-12)7-13-10(14-9)15-3-5-16-6-4-15/h7H,1-6,12H2. The molecule has 2 rings (SSSR count). The molecule has 0 amide bonds. The second kappa shape index (κ2) is 5.43.